The van der Waals surface area contributed by atoms with Gasteiger partial charge in [-0.15, -0.1) is 0 Å². The Morgan fingerprint density at radius 1 is 1.24 bits per heavy atom. The molecule has 34 heavy (non-hydrogen) atoms. The summed E-state index contributed by atoms with van der Waals surface area (Å²) < 4.78 is 21.3. The maximum absolute atomic E-state index is 14.0. The molecule has 5 N–H and O–H groups in total. The van der Waals surface area contributed by atoms with Crippen molar-refractivity contribution in [3.05, 3.63) is 59.7 Å². The van der Waals surface area contributed by atoms with Gasteiger partial charge < -0.3 is 26.4 Å². The largest absolute Gasteiger partial charge is 0.473 e. The number of carbonyl (C=O) groups excluding carboxylic acids is 1. The van der Waals surface area contributed by atoms with Crippen LogP contribution in [0.25, 0.3) is 16.8 Å². The molecular weight excluding hydrogens is 439 g/mol. The first-order valence-corrected chi connectivity index (χ1v) is 10.7. The SMILES string of the molecule is CNc1ccc(-c2c3nc4c(cnn4c2N)C(=O)NC[C@H](C)Oc2ncc(F)cc2CN3)cc1. The molecule has 11 heteroatoms. The molecular formula is C23H23FN8O2. The van der Waals surface area contributed by atoms with E-state index in [0.717, 1.165) is 17.4 Å². The second-order valence-electron chi connectivity index (χ2n) is 7.95. The number of nitrogen functional groups attached to an aromatic ring is 1. The Kier molecular flexibility index (Phi) is 5.36. The molecule has 10 nitrogen and oxygen atoms in total. The molecule has 3 aromatic heterocycles. The number of halogens is 1. The van der Waals surface area contributed by atoms with Gasteiger partial charge in [0.25, 0.3) is 5.91 Å². The van der Waals surface area contributed by atoms with E-state index in [1.165, 1.54) is 16.8 Å². The van der Waals surface area contributed by atoms with E-state index in [9.17, 15) is 9.18 Å². The van der Waals surface area contributed by atoms with Gasteiger partial charge >= 0.3 is 0 Å². The van der Waals surface area contributed by atoms with Crippen molar-refractivity contribution in [2.45, 2.75) is 19.6 Å². The summed E-state index contributed by atoms with van der Waals surface area (Å²) in [5, 5.41) is 13.4. The van der Waals surface area contributed by atoms with Crippen LogP contribution in [0, 0.1) is 5.82 Å². The van der Waals surface area contributed by atoms with Crippen LogP contribution in [0.1, 0.15) is 22.8 Å². The number of anilines is 3. The van der Waals surface area contributed by atoms with E-state index in [2.05, 4.69) is 26.0 Å². The third-order valence-corrected chi connectivity index (χ3v) is 5.59. The fraction of sp³-hybridized carbons (Fsp3) is 0.217. The molecule has 0 radical (unpaired) electrons. The Bertz CT molecular complexity index is 1390. The lowest BCUT2D eigenvalue weighted by atomic mass is 10.1. The van der Waals surface area contributed by atoms with Crippen molar-refractivity contribution in [1.82, 2.24) is 24.9 Å². The molecule has 4 aromatic rings. The molecule has 174 valence electrons. The standard InChI is InChI=1S/C23H23FN8O2/c1-12-8-28-22(33)17-11-30-32-19(25)18(13-3-5-16(26-2)6-4-13)20(31-21(17)32)27-9-14-7-15(24)10-29-23(14)34-12/h3-7,10-12,26H,8-9,25H2,1-2H3,(H,27,31)(H,28,33)/t12-/m0/s1. The maximum atomic E-state index is 14.0. The summed E-state index contributed by atoms with van der Waals surface area (Å²) in [6, 6.07) is 8.99. The first kappa shape index (κ1) is 21.4. The highest BCUT2D eigenvalue weighted by atomic mass is 19.1. The number of carbonyl (C=O) groups is 1. The van der Waals surface area contributed by atoms with Crippen LogP contribution < -0.4 is 26.4 Å². The number of aromatic nitrogens is 4. The number of hydrogen-bond donors (Lipinski definition) is 4. The zero-order valence-electron chi connectivity index (χ0n) is 18.6. The van der Waals surface area contributed by atoms with E-state index in [0.29, 0.717) is 28.4 Å². The highest BCUT2D eigenvalue weighted by Gasteiger charge is 2.23. The molecule has 0 spiro atoms. The van der Waals surface area contributed by atoms with Crippen LogP contribution in [0.5, 0.6) is 5.88 Å². The number of amides is 1. The van der Waals surface area contributed by atoms with Crippen LogP contribution in [0.15, 0.2) is 42.7 Å². The predicted octanol–water partition coefficient (Wildman–Crippen LogP) is 2.68. The lowest BCUT2D eigenvalue weighted by Crippen LogP contribution is -2.33. The molecule has 4 heterocycles. The van der Waals surface area contributed by atoms with Gasteiger partial charge in [-0.3, -0.25) is 4.79 Å². The van der Waals surface area contributed by atoms with Crippen LogP contribution in [-0.2, 0) is 6.54 Å². The molecule has 1 aliphatic heterocycles. The minimum Gasteiger partial charge on any atom is -0.473 e. The second kappa shape index (κ2) is 8.50. The summed E-state index contributed by atoms with van der Waals surface area (Å²) in [6.07, 6.45) is 2.12. The summed E-state index contributed by atoms with van der Waals surface area (Å²) in [4.78, 5) is 21.7. The number of ether oxygens (including phenoxy) is 1. The number of fused-ring (bicyclic) bond motifs is 2. The Morgan fingerprint density at radius 3 is 2.79 bits per heavy atom. The lowest BCUT2D eigenvalue weighted by molar-refractivity contribution is 0.0932. The van der Waals surface area contributed by atoms with Crippen molar-refractivity contribution in [2.75, 3.05) is 30.0 Å². The first-order chi connectivity index (χ1) is 16.4. The molecule has 1 atom stereocenters. The van der Waals surface area contributed by atoms with Crippen molar-refractivity contribution in [3.8, 4) is 17.0 Å². The fourth-order valence-electron chi connectivity index (χ4n) is 3.84. The first-order valence-electron chi connectivity index (χ1n) is 10.7. The molecule has 1 aliphatic rings. The zero-order chi connectivity index (χ0) is 23.8. The molecule has 0 saturated heterocycles. The monoisotopic (exact) mass is 462 g/mol. The van der Waals surface area contributed by atoms with Crippen LogP contribution in [0.3, 0.4) is 0 Å². The summed E-state index contributed by atoms with van der Waals surface area (Å²) in [5.74, 6) is 0.145. The molecule has 0 unspecified atom stereocenters. The van der Waals surface area contributed by atoms with Crippen molar-refractivity contribution in [2.24, 2.45) is 0 Å². The van der Waals surface area contributed by atoms with Gasteiger partial charge in [0.15, 0.2) is 5.65 Å². The van der Waals surface area contributed by atoms with Crippen LogP contribution in [0.4, 0.5) is 21.7 Å². The molecule has 1 aromatic carbocycles. The van der Waals surface area contributed by atoms with E-state index in [4.69, 9.17) is 15.5 Å². The summed E-state index contributed by atoms with van der Waals surface area (Å²) in [5.41, 5.74) is 9.95. The maximum Gasteiger partial charge on any atom is 0.256 e. The Hall–Kier alpha value is -4.41. The highest BCUT2D eigenvalue weighted by Crippen LogP contribution is 2.35. The molecule has 0 fully saturated rings. The summed E-state index contributed by atoms with van der Waals surface area (Å²) >= 11 is 0. The Labute approximate surface area is 194 Å². The summed E-state index contributed by atoms with van der Waals surface area (Å²) in [6.45, 7) is 2.17. The third-order valence-electron chi connectivity index (χ3n) is 5.59. The van der Waals surface area contributed by atoms with Gasteiger partial charge in [0.1, 0.15) is 29.1 Å². The minimum absolute atomic E-state index is 0.169. The molecule has 0 saturated carbocycles. The Morgan fingerprint density at radius 2 is 2.03 bits per heavy atom. The normalized spacial score (nSPS) is 15.9. The van der Waals surface area contributed by atoms with Crippen molar-refractivity contribution in [3.63, 3.8) is 0 Å². The van der Waals surface area contributed by atoms with E-state index in [1.807, 2.05) is 31.3 Å². The number of nitrogens with one attached hydrogen (secondary N) is 3. The Balaban J connectivity index is 1.69. The summed E-state index contributed by atoms with van der Waals surface area (Å²) in [7, 11) is 1.83. The van der Waals surface area contributed by atoms with Crippen LogP contribution in [-0.4, -0.2) is 45.2 Å². The number of hydrogen-bond acceptors (Lipinski definition) is 8. The van der Waals surface area contributed by atoms with Gasteiger partial charge in [-0.1, -0.05) is 12.1 Å². The predicted molar refractivity (Wildman–Crippen MR) is 126 cm³/mol. The van der Waals surface area contributed by atoms with E-state index in [-0.39, 0.29) is 30.4 Å². The van der Waals surface area contributed by atoms with E-state index in [1.54, 1.807) is 6.92 Å². The van der Waals surface area contributed by atoms with Crippen molar-refractivity contribution < 1.29 is 13.9 Å². The molecule has 2 bridgehead atoms. The van der Waals surface area contributed by atoms with Gasteiger partial charge in [-0.05, 0) is 30.7 Å². The van der Waals surface area contributed by atoms with Gasteiger partial charge in [0.2, 0.25) is 5.88 Å². The number of pyridine rings is 1. The van der Waals surface area contributed by atoms with Gasteiger partial charge in [-0.2, -0.15) is 9.61 Å². The highest BCUT2D eigenvalue weighted by molar-refractivity contribution is 6.01. The number of rotatable bonds is 2. The minimum atomic E-state index is -0.488. The van der Waals surface area contributed by atoms with Crippen LogP contribution in [0.2, 0.25) is 0 Å². The van der Waals surface area contributed by atoms with E-state index >= 15 is 0 Å². The average Bonchev–Trinajstić information content (AvgIpc) is 3.27. The average molecular weight is 462 g/mol. The van der Waals surface area contributed by atoms with Crippen molar-refractivity contribution >= 4 is 28.9 Å². The smallest absolute Gasteiger partial charge is 0.256 e. The number of nitrogens with zero attached hydrogens (tertiary/aromatic N) is 4. The van der Waals surface area contributed by atoms with Crippen molar-refractivity contribution in [1.29, 1.82) is 0 Å². The number of nitrogens with two attached hydrogens (primary N) is 1. The van der Waals surface area contributed by atoms with Crippen LogP contribution >= 0.6 is 0 Å². The quantitative estimate of drug-likeness (QED) is 0.358. The van der Waals surface area contributed by atoms with E-state index < -0.39 is 11.9 Å². The molecule has 5 rings (SSSR count). The zero-order valence-corrected chi connectivity index (χ0v) is 18.6. The molecule has 0 aliphatic carbocycles. The third kappa shape index (κ3) is 3.81. The fourth-order valence-corrected chi connectivity index (χ4v) is 3.84. The van der Waals surface area contributed by atoms with Gasteiger partial charge in [0, 0.05) is 24.8 Å². The molecule has 1 amide bonds. The second-order valence-corrected chi connectivity index (χ2v) is 7.95. The number of benzene rings is 1. The topological polar surface area (TPSA) is 131 Å². The van der Waals surface area contributed by atoms with Gasteiger partial charge in [-0.25, -0.2) is 14.4 Å². The lowest BCUT2D eigenvalue weighted by Gasteiger charge is -2.18. The van der Waals surface area contributed by atoms with Gasteiger partial charge in [0.05, 0.1) is 24.5 Å².